The van der Waals surface area contributed by atoms with E-state index in [9.17, 15) is 9.90 Å². The molecular weight excluding hydrogens is 275 g/mol. The Labute approximate surface area is 83.4 Å². The molecule has 0 aromatic rings. The maximum Gasteiger partial charge on any atom is 0.309 e. The minimum atomic E-state index is -0.640. The number of hydrogen-bond donors (Lipinski definition) is 1. The molecule has 0 aliphatic carbocycles. The molecule has 4 nitrogen and oxygen atoms in total. The normalized spacial score (nSPS) is 46.0. The summed E-state index contributed by atoms with van der Waals surface area (Å²) in [6, 6.07) is 0. The maximum absolute atomic E-state index is 10.8. The smallest absolute Gasteiger partial charge is 0.309 e. The van der Waals surface area contributed by atoms with Crippen LogP contribution in [0, 0.1) is 0 Å². The third-order valence-corrected chi connectivity index (χ3v) is 3.09. The van der Waals surface area contributed by atoms with Gasteiger partial charge in [-0.25, -0.2) is 0 Å². The van der Waals surface area contributed by atoms with Crippen LogP contribution in [0.15, 0.2) is 0 Å². The van der Waals surface area contributed by atoms with E-state index >= 15 is 0 Å². The molecule has 1 N–H and O–H groups in total. The van der Waals surface area contributed by atoms with Gasteiger partial charge in [0.2, 0.25) is 0 Å². The van der Waals surface area contributed by atoms with Gasteiger partial charge in [-0.2, -0.15) is 0 Å². The summed E-state index contributed by atoms with van der Waals surface area (Å²) in [4.78, 5) is 10.8. The van der Waals surface area contributed by atoms with Crippen LogP contribution in [0.1, 0.15) is 6.42 Å². The quantitative estimate of drug-likeness (QED) is 0.414. The van der Waals surface area contributed by atoms with Crippen LogP contribution in [0.4, 0.5) is 0 Å². The Hall–Kier alpha value is 0.120. The van der Waals surface area contributed by atoms with E-state index in [1.54, 1.807) is 0 Å². The molecule has 0 aromatic heterocycles. The minimum absolute atomic E-state index is 0.173. The van der Waals surface area contributed by atoms with Crippen molar-refractivity contribution in [3.05, 3.63) is 0 Å². The maximum atomic E-state index is 10.8. The molecule has 0 unspecified atom stereocenters. The number of fused-ring (bicyclic) bond motifs is 1. The van der Waals surface area contributed by atoms with Crippen LogP contribution in [0.3, 0.4) is 0 Å². The first-order valence-electron chi connectivity index (χ1n) is 3.81. The van der Waals surface area contributed by atoms with E-state index in [-0.39, 0.29) is 24.6 Å². The molecule has 0 saturated carbocycles. The zero-order valence-corrected chi connectivity index (χ0v) is 8.43. The van der Waals surface area contributed by atoms with Gasteiger partial charge >= 0.3 is 5.97 Å². The number of halogens is 1. The van der Waals surface area contributed by atoms with Crippen LogP contribution < -0.4 is 0 Å². The summed E-state index contributed by atoms with van der Waals surface area (Å²) < 4.78 is 11.1. The van der Waals surface area contributed by atoms with Crippen molar-refractivity contribution >= 4 is 28.6 Å². The first kappa shape index (κ1) is 8.71. The monoisotopic (exact) mass is 284 g/mol. The number of alkyl halides is 1. The van der Waals surface area contributed by atoms with Gasteiger partial charge in [0.05, 0.1) is 12.5 Å². The summed E-state index contributed by atoms with van der Waals surface area (Å²) in [5.41, 5.74) is 0. The molecule has 4 atom stereocenters. The van der Waals surface area contributed by atoms with E-state index in [2.05, 4.69) is 22.6 Å². The van der Waals surface area contributed by atoms with Crippen molar-refractivity contribution < 1.29 is 19.4 Å². The van der Waals surface area contributed by atoms with Crippen LogP contribution in [-0.2, 0) is 14.3 Å². The van der Waals surface area contributed by atoms with Crippen molar-refractivity contribution in [1.82, 2.24) is 0 Å². The number of carbonyl (C=O) groups is 1. The Kier molecular flexibility index (Phi) is 2.26. The fraction of sp³-hybridized carbons (Fsp3) is 0.857. The van der Waals surface area contributed by atoms with Crippen molar-refractivity contribution in [3.63, 3.8) is 0 Å². The summed E-state index contributed by atoms with van der Waals surface area (Å²) >= 11 is 2.14. The molecule has 0 bridgehead atoms. The van der Waals surface area contributed by atoms with Gasteiger partial charge in [-0.05, 0) is 0 Å². The van der Waals surface area contributed by atoms with Crippen LogP contribution in [0.5, 0.6) is 0 Å². The molecule has 2 saturated heterocycles. The van der Waals surface area contributed by atoms with Gasteiger partial charge in [0.1, 0.15) is 12.2 Å². The fourth-order valence-corrected chi connectivity index (χ4v) is 2.34. The molecule has 12 heavy (non-hydrogen) atoms. The first-order valence-corrected chi connectivity index (χ1v) is 5.34. The first-order chi connectivity index (χ1) is 5.72. The number of esters is 1. The molecule has 2 aliphatic rings. The summed E-state index contributed by atoms with van der Waals surface area (Å²) in [7, 11) is 0. The molecule has 2 heterocycles. The average Bonchev–Trinajstić information content (AvgIpc) is 2.51. The second kappa shape index (κ2) is 3.12. The zero-order chi connectivity index (χ0) is 8.72. The van der Waals surface area contributed by atoms with Crippen LogP contribution in [0.2, 0.25) is 0 Å². The standard InChI is InChI=1S/C7H9IO4/c8-2-4-6(10)7-3(11-4)1-5(9)12-7/h3-4,6-7,10H,1-2H2/t3-,4+,6-,7+/m1/s1. The number of carbonyl (C=O) groups excluding carboxylic acids is 1. The predicted octanol–water partition coefficient (Wildman–Crippen LogP) is -0.135. The van der Waals surface area contributed by atoms with E-state index in [1.165, 1.54) is 0 Å². The van der Waals surface area contributed by atoms with E-state index < -0.39 is 12.2 Å². The van der Waals surface area contributed by atoms with Crippen molar-refractivity contribution in [3.8, 4) is 0 Å². The highest BCUT2D eigenvalue weighted by Crippen LogP contribution is 2.32. The van der Waals surface area contributed by atoms with Gasteiger partial charge in [-0.3, -0.25) is 4.79 Å². The Morgan fingerprint density at radius 2 is 2.42 bits per heavy atom. The van der Waals surface area contributed by atoms with Crippen molar-refractivity contribution in [2.24, 2.45) is 0 Å². The lowest BCUT2D eigenvalue weighted by Crippen LogP contribution is -2.32. The number of rotatable bonds is 1. The van der Waals surface area contributed by atoms with E-state index in [4.69, 9.17) is 9.47 Å². The Bertz CT molecular complexity index is 208. The van der Waals surface area contributed by atoms with Crippen LogP contribution >= 0.6 is 22.6 Å². The Morgan fingerprint density at radius 1 is 1.67 bits per heavy atom. The molecule has 2 rings (SSSR count). The molecule has 0 spiro atoms. The number of aliphatic hydroxyl groups excluding tert-OH is 1. The number of hydrogen-bond acceptors (Lipinski definition) is 4. The SMILES string of the molecule is O=C1C[C@H]2O[C@@H](CI)[C@@H](O)[C@H]2O1. The molecule has 68 valence electrons. The van der Waals surface area contributed by atoms with Gasteiger partial charge in [-0.15, -0.1) is 0 Å². The summed E-state index contributed by atoms with van der Waals surface area (Å²) in [5, 5.41) is 9.57. The second-order valence-corrected chi connectivity index (χ2v) is 3.90. The molecule has 2 aliphatic heterocycles. The summed E-state index contributed by atoms with van der Waals surface area (Å²) in [5.74, 6) is -0.268. The Morgan fingerprint density at radius 3 is 3.00 bits per heavy atom. The largest absolute Gasteiger partial charge is 0.457 e. The lowest BCUT2D eigenvalue weighted by Gasteiger charge is -2.13. The second-order valence-electron chi connectivity index (χ2n) is 3.02. The molecule has 5 heteroatoms. The fourth-order valence-electron chi connectivity index (χ4n) is 1.62. The minimum Gasteiger partial charge on any atom is -0.457 e. The highest BCUT2D eigenvalue weighted by atomic mass is 127. The van der Waals surface area contributed by atoms with Gasteiger partial charge in [-0.1, -0.05) is 22.6 Å². The van der Waals surface area contributed by atoms with Gasteiger partial charge < -0.3 is 14.6 Å². The van der Waals surface area contributed by atoms with Gasteiger partial charge in [0.25, 0.3) is 0 Å². The lowest BCUT2D eigenvalue weighted by molar-refractivity contribution is -0.145. The molecule has 0 aromatic carbocycles. The topological polar surface area (TPSA) is 55.8 Å². The van der Waals surface area contributed by atoms with Crippen molar-refractivity contribution in [2.45, 2.75) is 30.8 Å². The van der Waals surface area contributed by atoms with Gasteiger partial charge in [0.15, 0.2) is 6.10 Å². The average molecular weight is 284 g/mol. The summed E-state index contributed by atoms with van der Waals surface area (Å²) in [6.07, 6.45) is -1.16. The molecular formula is C7H9IO4. The van der Waals surface area contributed by atoms with Crippen LogP contribution in [-0.4, -0.2) is 39.9 Å². The highest BCUT2D eigenvalue weighted by Gasteiger charge is 2.50. The number of ether oxygens (including phenoxy) is 2. The van der Waals surface area contributed by atoms with Crippen LogP contribution in [0.25, 0.3) is 0 Å². The van der Waals surface area contributed by atoms with Crippen molar-refractivity contribution in [2.75, 3.05) is 4.43 Å². The lowest BCUT2D eigenvalue weighted by atomic mass is 10.1. The predicted molar refractivity (Wildman–Crippen MR) is 48.1 cm³/mol. The zero-order valence-electron chi connectivity index (χ0n) is 6.27. The number of aliphatic hydroxyl groups is 1. The molecule has 2 fully saturated rings. The molecule has 0 radical (unpaired) electrons. The van der Waals surface area contributed by atoms with E-state index in [0.29, 0.717) is 0 Å². The van der Waals surface area contributed by atoms with E-state index in [1.807, 2.05) is 0 Å². The summed E-state index contributed by atoms with van der Waals surface area (Å²) in [6.45, 7) is 0. The van der Waals surface area contributed by atoms with Crippen molar-refractivity contribution in [1.29, 1.82) is 0 Å². The van der Waals surface area contributed by atoms with E-state index in [0.717, 1.165) is 4.43 Å². The third-order valence-electron chi connectivity index (χ3n) is 2.22. The molecule has 0 amide bonds. The third kappa shape index (κ3) is 1.23. The van der Waals surface area contributed by atoms with Gasteiger partial charge in [0, 0.05) is 4.43 Å². The Balaban J connectivity index is 2.08. The highest BCUT2D eigenvalue weighted by molar-refractivity contribution is 14.1.